The molecule has 0 saturated heterocycles. The number of anilines is 1. The third-order valence-electron chi connectivity index (χ3n) is 1.65. The first-order valence-corrected chi connectivity index (χ1v) is 6.83. The Labute approximate surface area is 112 Å². The second-order valence-electron chi connectivity index (χ2n) is 3.44. The molecule has 2 aromatic heterocycles. The third-order valence-corrected chi connectivity index (χ3v) is 3.40. The molecule has 0 fully saturated rings. The second kappa shape index (κ2) is 5.94. The molecule has 0 aromatic carbocycles. The van der Waals surface area contributed by atoms with Crippen molar-refractivity contribution < 1.29 is 4.74 Å². The van der Waals surface area contributed by atoms with Crippen LogP contribution in [0.2, 0.25) is 0 Å². The van der Waals surface area contributed by atoms with E-state index in [9.17, 15) is 0 Å². The summed E-state index contributed by atoms with van der Waals surface area (Å²) in [6, 6.07) is 0.243. The summed E-state index contributed by atoms with van der Waals surface area (Å²) in [4.78, 5) is 16.5. The van der Waals surface area contributed by atoms with E-state index in [0.29, 0.717) is 5.16 Å². The molecule has 3 N–H and O–H groups in total. The van der Waals surface area contributed by atoms with E-state index in [0.717, 1.165) is 4.34 Å². The minimum atomic E-state index is -0.0178. The van der Waals surface area contributed by atoms with E-state index in [1.54, 1.807) is 6.20 Å². The van der Waals surface area contributed by atoms with Gasteiger partial charge in [0.2, 0.25) is 11.1 Å². The maximum absolute atomic E-state index is 5.43. The van der Waals surface area contributed by atoms with Crippen molar-refractivity contribution in [2.24, 2.45) is 5.84 Å². The predicted octanol–water partition coefficient (Wildman–Crippen LogP) is 1.55. The van der Waals surface area contributed by atoms with Crippen LogP contribution in [0.4, 0.5) is 5.95 Å². The van der Waals surface area contributed by atoms with Crippen LogP contribution in [0.3, 0.4) is 0 Å². The van der Waals surface area contributed by atoms with Crippen LogP contribution in [0.15, 0.2) is 21.1 Å². The number of hydrogen-bond acceptors (Lipinski definition) is 9. The number of ether oxygens (including phenoxy) is 1. The van der Waals surface area contributed by atoms with Crippen LogP contribution in [0, 0.1) is 0 Å². The van der Waals surface area contributed by atoms with Crippen LogP contribution < -0.4 is 16.0 Å². The average Bonchev–Trinajstić information content (AvgIpc) is 2.80. The van der Waals surface area contributed by atoms with E-state index in [4.69, 9.17) is 10.6 Å². The Morgan fingerprint density at radius 1 is 1.39 bits per heavy atom. The number of hydrogen-bond donors (Lipinski definition) is 2. The Balaban J connectivity index is 2.23. The molecule has 9 heteroatoms. The van der Waals surface area contributed by atoms with Gasteiger partial charge in [0.05, 0.1) is 6.10 Å². The van der Waals surface area contributed by atoms with Gasteiger partial charge in [-0.3, -0.25) is 5.43 Å². The molecule has 0 atom stereocenters. The molecule has 2 aromatic rings. The summed E-state index contributed by atoms with van der Waals surface area (Å²) in [7, 11) is 0. The first kappa shape index (κ1) is 13.0. The zero-order valence-corrected chi connectivity index (χ0v) is 11.5. The molecule has 2 heterocycles. The van der Waals surface area contributed by atoms with Gasteiger partial charge in [-0.1, -0.05) is 0 Å². The summed E-state index contributed by atoms with van der Waals surface area (Å²) in [5.74, 6) is 5.57. The first-order chi connectivity index (χ1) is 8.67. The van der Waals surface area contributed by atoms with Crippen molar-refractivity contribution in [1.82, 2.24) is 19.9 Å². The molecular weight excluding hydrogens is 272 g/mol. The van der Waals surface area contributed by atoms with Crippen molar-refractivity contribution in [2.45, 2.75) is 29.4 Å². The van der Waals surface area contributed by atoms with Crippen molar-refractivity contribution in [3.63, 3.8) is 0 Å². The molecule has 96 valence electrons. The van der Waals surface area contributed by atoms with E-state index in [1.807, 2.05) is 19.2 Å². The fourth-order valence-corrected chi connectivity index (χ4v) is 2.52. The molecule has 18 heavy (non-hydrogen) atoms. The van der Waals surface area contributed by atoms with Gasteiger partial charge in [-0.15, -0.1) is 11.3 Å². The van der Waals surface area contributed by atoms with Gasteiger partial charge in [-0.25, -0.2) is 10.8 Å². The highest BCUT2D eigenvalue weighted by atomic mass is 32.2. The minimum absolute atomic E-state index is 0.0178. The van der Waals surface area contributed by atoms with Gasteiger partial charge in [0.25, 0.3) is 0 Å². The summed E-state index contributed by atoms with van der Waals surface area (Å²) in [6.45, 7) is 3.79. The molecule has 0 bridgehead atoms. The second-order valence-corrected chi connectivity index (χ2v) is 5.54. The topological polar surface area (TPSA) is 98.8 Å². The van der Waals surface area contributed by atoms with Crippen LogP contribution in [-0.4, -0.2) is 26.0 Å². The van der Waals surface area contributed by atoms with Crippen LogP contribution in [0.25, 0.3) is 0 Å². The van der Waals surface area contributed by atoms with Gasteiger partial charge in [-0.05, 0) is 25.6 Å². The van der Waals surface area contributed by atoms with Gasteiger partial charge in [0.1, 0.15) is 0 Å². The van der Waals surface area contributed by atoms with E-state index >= 15 is 0 Å². The average molecular weight is 284 g/mol. The lowest BCUT2D eigenvalue weighted by Crippen LogP contribution is -2.14. The van der Waals surface area contributed by atoms with E-state index in [-0.39, 0.29) is 18.1 Å². The van der Waals surface area contributed by atoms with E-state index in [1.165, 1.54) is 23.1 Å². The van der Waals surface area contributed by atoms with Crippen LogP contribution in [0.5, 0.6) is 6.01 Å². The monoisotopic (exact) mass is 284 g/mol. The van der Waals surface area contributed by atoms with Crippen molar-refractivity contribution in [1.29, 1.82) is 0 Å². The number of nitrogen functional groups attached to an aromatic ring is 1. The zero-order chi connectivity index (χ0) is 13.0. The van der Waals surface area contributed by atoms with Crippen molar-refractivity contribution >= 4 is 29.0 Å². The van der Waals surface area contributed by atoms with E-state index < -0.39 is 0 Å². The van der Waals surface area contributed by atoms with Crippen molar-refractivity contribution in [3.8, 4) is 6.01 Å². The fourth-order valence-electron chi connectivity index (χ4n) is 1.05. The number of hydrazine groups is 1. The molecule has 2 rings (SSSR count). The SMILES string of the molecule is CC(C)Oc1nc(NN)nc(Sc2nccs2)n1. The number of nitrogens with one attached hydrogen (secondary N) is 1. The van der Waals surface area contributed by atoms with Crippen LogP contribution in [0.1, 0.15) is 13.8 Å². The maximum Gasteiger partial charge on any atom is 0.322 e. The highest BCUT2D eigenvalue weighted by molar-refractivity contribution is 8.00. The van der Waals surface area contributed by atoms with Gasteiger partial charge in [0, 0.05) is 11.6 Å². The lowest BCUT2D eigenvalue weighted by atomic mass is 10.5. The zero-order valence-electron chi connectivity index (χ0n) is 9.82. The summed E-state index contributed by atoms with van der Waals surface area (Å²) < 4.78 is 6.28. The molecule has 0 unspecified atom stereocenters. The maximum atomic E-state index is 5.43. The molecule has 0 amide bonds. The number of thiazole rings is 1. The lowest BCUT2D eigenvalue weighted by Gasteiger charge is -2.09. The summed E-state index contributed by atoms with van der Waals surface area (Å²) in [5.41, 5.74) is 2.39. The molecule has 0 saturated carbocycles. The Morgan fingerprint density at radius 3 is 2.83 bits per heavy atom. The highest BCUT2D eigenvalue weighted by Crippen LogP contribution is 2.27. The first-order valence-electron chi connectivity index (χ1n) is 5.14. The largest absolute Gasteiger partial charge is 0.461 e. The Morgan fingerprint density at radius 2 is 2.22 bits per heavy atom. The molecule has 0 spiro atoms. The van der Waals surface area contributed by atoms with Crippen LogP contribution in [-0.2, 0) is 0 Å². The molecular formula is C9H12N6OS2. The quantitative estimate of drug-likeness (QED) is 0.630. The Bertz CT molecular complexity index is 504. The highest BCUT2D eigenvalue weighted by Gasteiger charge is 2.10. The number of rotatable bonds is 5. The third kappa shape index (κ3) is 3.52. The molecule has 0 aliphatic rings. The number of nitrogens with two attached hydrogens (primary N) is 1. The standard InChI is InChI=1S/C9H12N6OS2/c1-5(2)16-7-12-6(15-10)13-8(14-7)18-9-11-3-4-17-9/h3-5H,10H2,1-2H3,(H,12,13,14,15). The van der Waals surface area contributed by atoms with Crippen molar-refractivity contribution in [2.75, 3.05) is 5.43 Å². The smallest absolute Gasteiger partial charge is 0.322 e. The predicted molar refractivity (Wildman–Crippen MR) is 69.6 cm³/mol. The van der Waals surface area contributed by atoms with Crippen LogP contribution >= 0.6 is 23.1 Å². The van der Waals surface area contributed by atoms with Crippen molar-refractivity contribution in [3.05, 3.63) is 11.6 Å². The van der Waals surface area contributed by atoms with Gasteiger partial charge in [-0.2, -0.15) is 15.0 Å². The summed E-state index contributed by atoms with van der Waals surface area (Å²) >= 11 is 2.84. The van der Waals surface area contributed by atoms with Gasteiger partial charge < -0.3 is 4.74 Å². The van der Waals surface area contributed by atoms with Gasteiger partial charge in [0.15, 0.2) is 4.34 Å². The summed E-state index contributed by atoms with van der Waals surface area (Å²) in [5, 5.41) is 2.38. The van der Waals surface area contributed by atoms with Gasteiger partial charge >= 0.3 is 6.01 Å². The minimum Gasteiger partial charge on any atom is -0.461 e. The molecule has 7 nitrogen and oxygen atoms in total. The normalized spacial score (nSPS) is 10.7. The number of nitrogens with zero attached hydrogens (tertiary/aromatic N) is 4. The Hall–Kier alpha value is -1.45. The Kier molecular flexibility index (Phi) is 4.28. The molecule has 0 aliphatic carbocycles. The molecule has 0 aliphatic heterocycles. The number of aromatic nitrogens is 4. The van der Waals surface area contributed by atoms with E-state index in [2.05, 4.69) is 25.4 Å². The summed E-state index contributed by atoms with van der Waals surface area (Å²) in [6.07, 6.45) is 1.71. The lowest BCUT2D eigenvalue weighted by molar-refractivity contribution is 0.219. The molecule has 0 radical (unpaired) electrons. The fraction of sp³-hybridized carbons (Fsp3) is 0.333.